The summed E-state index contributed by atoms with van der Waals surface area (Å²) in [5, 5.41) is 0. The Labute approximate surface area is 173 Å². The number of para-hydroxylation sites is 1. The standard InChI is InChI=1S/C22H19NO3S2/c1-14(16-7-4-3-5-8-16)23-21(24)19(28-22(23)27)12-15-11-17-9-6-10-18(25-2)20(17)26-13-15/h3-12,14H,13H2,1-2H3/b19-12-. The second kappa shape index (κ2) is 7.81. The number of thioether (sulfide) groups is 1. The molecule has 2 aromatic rings. The fourth-order valence-corrected chi connectivity index (χ4v) is 4.74. The Balaban J connectivity index is 1.60. The highest BCUT2D eigenvalue weighted by Crippen LogP contribution is 2.39. The van der Waals surface area contributed by atoms with E-state index in [9.17, 15) is 4.79 Å². The third-order valence-corrected chi connectivity index (χ3v) is 6.09. The second-order valence-corrected chi connectivity index (χ2v) is 8.20. The number of methoxy groups -OCH3 is 1. The van der Waals surface area contributed by atoms with Gasteiger partial charge in [0.15, 0.2) is 11.5 Å². The molecule has 0 radical (unpaired) electrons. The molecule has 4 nitrogen and oxygen atoms in total. The lowest BCUT2D eigenvalue weighted by molar-refractivity contribution is -0.123. The molecule has 0 spiro atoms. The predicted molar refractivity (Wildman–Crippen MR) is 116 cm³/mol. The molecule has 1 saturated heterocycles. The molecule has 0 N–H and O–H groups in total. The van der Waals surface area contributed by atoms with E-state index in [4.69, 9.17) is 21.7 Å². The van der Waals surface area contributed by atoms with Crippen LogP contribution in [0.1, 0.15) is 24.1 Å². The first kappa shape index (κ1) is 18.8. The van der Waals surface area contributed by atoms with Gasteiger partial charge < -0.3 is 9.47 Å². The fraction of sp³-hybridized carbons (Fsp3) is 0.182. The van der Waals surface area contributed by atoms with E-state index in [0.717, 1.165) is 22.4 Å². The molecule has 2 aliphatic rings. The number of hydrogen-bond acceptors (Lipinski definition) is 5. The van der Waals surface area contributed by atoms with Crippen molar-refractivity contribution in [2.45, 2.75) is 13.0 Å². The van der Waals surface area contributed by atoms with Crippen molar-refractivity contribution in [2.75, 3.05) is 13.7 Å². The lowest BCUT2D eigenvalue weighted by atomic mass is 10.1. The topological polar surface area (TPSA) is 38.8 Å². The number of fused-ring (bicyclic) bond motifs is 1. The smallest absolute Gasteiger partial charge is 0.266 e. The molecule has 142 valence electrons. The number of hydrogen-bond donors (Lipinski definition) is 0. The first-order chi connectivity index (χ1) is 13.6. The normalized spacial score (nSPS) is 18.6. The van der Waals surface area contributed by atoms with Gasteiger partial charge in [-0.25, -0.2) is 0 Å². The Morgan fingerprint density at radius 2 is 2.00 bits per heavy atom. The predicted octanol–water partition coefficient (Wildman–Crippen LogP) is 4.98. The SMILES string of the molecule is COc1cccc2c1OCC(/C=C1\SC(=S)N(C(C)c3ccccc3)C1=O)=C2. The molecule has 6 heteroatoms. The van der Waals surface area contributed by atoms with Gasteiger partial charge in [0.1, 0.15) is 10.9 Å². The molecule has 1 unspecified atom stereocenters. The van der Waals surface area contributed by atoms with Gasteiger partial charge in [0, 0.05) is 5.56 Å². The molecule has 2 aliphatic heterocycles. The Morgan fingerprint density at radius 1 is 1.21 bits per heavy atom. The maximum absolute atomic E-state index is 13.0. The lowest BCUT2D eigenvalue weighted by Gasteiger charge is -2.23. The second-order valence-electron chi connectivity index (χ2n) is 6.52. The molecule has 2 heterocycles. The van der Waals surface area contributed by atoms with Gasteiger partial charge in [0.05, 0.1) is 18.1 Å². The van der Waals surface area contributed by atoms with Crippen LogP contribution in [-0.2, 0) is 4.79 Å². The van der Waals surface area contributed by atoms with Crippen molar-refractivity contribution in [1.82, 2.24) is 4.90 Å². The lowest BCUT2D eigenvalue weighted by Crippen LogP contribution is -2.31. The zero-order valence-electron chi connectivity index (χ0n) is 15.5. The summed E-state index contributed by atoms with van der Waals surface area (Å²) < 4.78 is 11.8. The third-order valence-electron chi connectivity index (χ3n) is 4.76. The van der Waals surface area contributed by atoms with E-state index >= 15 is 0 Å². The monoisotopic (exact) mass is 409 g/mol. The summed E-state index contributed by atoms with van der Waals surface area (Å²) in [4.78, 5) is 15.3. The third kappa shape index (κ3) is 3.45. The van der Waals surface area contributed by atoms with Crippen molar-refractivity contribution >= 4 is 40.3 Å². The van der Waals surface area contributed by atoms with Gasteiger partial charge in [-0.2, -0.15) is 0 Å². The van der Waals surface area contributed by atoms with E-state index in [-0.39, 0.29) is 11.9 Å². The number of ether oxygens (including phenoxy) is 2. The van der Waals surface area contributed by atoms with Gasteiger partial charge in [0.2, 0.25) is 0 Å². The highest BCUT2D eigenvalue weighted by atomic mass is 32.2. The number of amides is 1. The molecule has 0 aromatic heterocycles. The van der Waals surface area contributed by atoms with Gasteiger partial charge in [-0.15, -0.1) is 0 Å². The molecule has 1 amide bonds. The number of rotatable bonds is 4. The quantitative estimate of drug-likeness (QED) is 0.526. The first-order valence-corrected chi connectivity index (χ1v) is 10.1. The van der Waals surface area contributed by atoms with Crippen LogP contribution in [0, 0.1) is 0 Å². The van der Waals surface area contributed by atoms with E-state index in [0.29, 0.717) is 21.6 Å². The van der Waals surface area contributed by atoms with E-state index in [1.807, 2.05) is 67.6 Å². The number of benzene rings is 2. The van der Waals surface area contributed by atoms with Crippen molar-refractivity contribution in [3.8, 4) is 11.5 Å². The maximum atomic E-state index is 13.0. The fourth-order valence-electron chi connectivity index (χ4n) is 3.30. The molecular formula is C22H19NO3S2. The van der Waals surface area contributed by atoms with Crippen molar-refractivity contribution in [2.24, 2.45) is 0 Å². The largest absolute Gasteiger partial charge is 0.493 e. The first-order valence-electron chi connectivity index (χ1n) is 8.91. The van der Waals surface area contributed by atoms with Crippen LogP contribution in [-0.4, -0.2) is 28.8 Å². The summed E-state index contributed by atoms with van der Waals surface area (Å²) in [6.07, 6.45) is 3.90. The van der Waals surface area contributed by atoms with Crippen LogP contribution in [0.4, 0.5) is 0 Å². The number of carbonyl (C=O) groups excluding carboxylic acids is 1. The Bertz CT molecular complexity index is 998. The number of nitrogens with zero attached hydrogens (tertiary/aromatic N) is 1. The average molecular weight is 410 g/mol. The van der Waals surface area contributed by atoms with E-state index in [1.165, 1.54) is 11.8 Å². The Hall–Kier alpha value is -2.57. The zero-order valence-corrected chi connectivity index (χ0v) is 17.2. The van der Waals surface area contributed by atoms with Gasteiger partial charge in [-0.05, 0) is 36.3 Å². The minimum atomic E-state index is -0.110. The number of carbonyl (C=O) groups is 1. The average Bonchev–Trinajstić information content (AvgIpc) is 3.00. The van der Waals surface area contributed by atoms with Crippen LogP contribution < -0.4 is 9.47 Å². The van der Waals surface area contributed by atoms with Gasteiger partial charge in [-0.1, -0.05) is 66.4 Å². The van der Waals surface area contributed by atoms with Gasteiger partial charge in [0.25, 0.3) is 5.91 Å². The van der Waals surface area contributed by atoms with Crippen LogP contribution in [0.25, 0.3) is 6.08 Å². The van der Waals surface area contributed by atoms with Crippen molar-refractivity contribution < 1.29 is 14.3 Å². The van der Waals surface area contributed by atoms with Crippen LogP contribution in [0.2, 0.25) is 0 Å². The Morgan fingerprint density at radius 3 is 2.75 bits per heavy atom. The van der Waals surface area contributed by atoms with E-state index in [2.05, 4.69) is 0 Å². The van der Waals surface area contributed by atoms with Gasteiger partial charge >= 0.3 is 0 Å². The van der Waals surface area contributed by atoms with Crippen LogP contribution >= 0.6 is 24.0 Å². The van der Waals surface area contributed by atoms with E-state index < -0.39 is 0 Å². The molecule has 1 atom stereocenters. The Kier molecular flexibility index (Phi) is 5.24. The molecule has 2 aromatic carbocycles. The summed E-state index contributed by atoms with van der Waals surface area (Å²) in [5.41, 5.74) is 2.92. The zero-order chi connectivity index (χ0) is 19.7. The molecule has 0 saturated carbocycles. The van der Waals surface area contributed by atoms with E-state index in [1.54, 1.807) is 12.0 Å². The minimum Gasteiger partial charge on any atom is -0.493 e. The van der Waals surface area contributed by atoms with Crippen molar-refractivity contribution in [1.29, 1.82) is 0 Å². The highest BCUT2D eigenvalue weighted by molar-refractivity contribution is 8.26. The molecule has 28 heavy (non-hydrogen) atoms. The summed E-state index contributed by atoms with van der Waals surface area (Å²) >= 11 is 6.83. The van der Waals surface area contributed by atoms with Crippen LogP contribution in [0.5, 0.6) is 11.5 Å². The molecular weight excluding hydrogens is 390 g/mol. The van der Waals surface area contributed by atoms with Crippen molar-refractivity contribution in [3.63, 3.8) is 0 Å². The molecule has 1 fully saturated rings. The molecule has 4 rings (SSSR count). The highest BCUT2D eigenvalue weighted by Gasteiger charge is 2.36. The van der Waals surface area contributed by atoms with Gasteiger partial charge in [-0.3, -0.25) is 9.69 Å². The van der Waals surface area contributed by atoms with Crippen LogP contribution in [0.3, 0.4) is 0 Å². The van der Waals surface area contributed by atoms with Crippen molar-refractivity contribution in [3.05, 3.63) is 76.2 Å². The van der Waals surface area contributed by atoms with Crippen LogP contribution in [0.15, 0.2) is 65.1 Å². The minimum absolute atomic E-state index is 0.0660. The summed E-state index contributed by atoms with van der Waals surface area (Å²) in [7, 11) is 1.62. The molecule has 0 aliphatic carbocycles. The number of thiocarbonyl (C=S) groups is 1. The maximum Gasteiger partial charge on any atom is 0.266 e. The summed E-state index contributed by atoms with van der Waals surface area (Å²) in [5.74, 6) is 1.37. The summed E-state index contributed by atoms with van der Waals surface area (Å²) in [6, 6.07) is 15.6. The summed E-state index contributed by atoms with van der Waals surface area (Å²) in [6.45, 7) is 2.38. The molecule has 0 bridgehead atoms.